The van der Waals surface area contributed by atoms with Gasteiger partial charge in [0.15, 0.2) is 5.96 Å². The molecule has 5 heteroatoms. The van der Waals surface area contributed by atoms with Gasteiger partial charge in [-0.25, -0.2) is 0 Å². The van der Waals surface area contributed by atoms with E-state index in [0.29, 0.717) is 6.04 Å². The van der Waals surface area contributed by atoms with Crippen molar-refractivity contribution in [3.05, 3.63) is 0 Å². The predicted molar refractivity (Wildman–Crippen MR) is 94.6 cm³/mol. The van der Waals surface area contributed by atoms with Crippen molar-refractivity contribution in [2.24, 2.45) is 4.99 Å². The standard InChI is InChI=1S/C14H31N3O.HI/c1-5-7-8-9-10-13(3)17-14(15-4)16-11-12-18-6-2;/h13H,5-12H2,1-4H3,(H2,15,16,17);1H. The summed E-state index contributed by atoms with van der Waals surface area (Å²) in [6, 6.07) is 0.472. The number of ether oxygens (including phenoxy) is 1. The Bertz CT molecular complexity index is 213. The topological polar surface area (TPSA) is 45.7 Å². The zero-order valence-electron chi connectivity index (χ0n) is 13.0. The van der Waals surface area contributed by atoms with Gasteiger partial charge in [0, 0.05) is 26.2 Å². The van der Waals surface area contributed by atoms with E-state index >= 15 is 0 Å². The van der Waals surface area contributed by atoms with Crippen LogP contribution in [-0.2, 0) is 4.74 Å². The molecule has 0 aromatic heterocycles. The molecule has 0 heterocycles. The third kappa shape index (κ3) is 14.2. The van der Waals surface area contributed by atoms with E-state index in [0.717, 1.165) is 25.7 Å². The highest BCUT2D eigenvalue weighted by Gasteiger charge is 2.04. The number of hydrogen-bond donors (Lipinski definition) is 2. The van der Waals surface area contributed by atoms with Gasteiger partial charge in [-0.2, -0.15) is 0 Å². The molecule has 0 aromatic carbocycles. The van der Waals surface area contributed by atoms with Crippen molar-refractivity contribution in [2.75, 3.05) is 26.8 Å². The monoisotopic (exact) mass is 385 g/mol. The Morgan fingerprint density at radius 2 is 1.95 bits per heavy atom. The number of aliphatic imine (C=N–C) groups is 1. The van der Waals surface area contributed by atoms with Gasteiger partial charge in [-0.1, -0.05) is 32.6 Å². The Labute approximate surface area is 136 Å². The lowest BCUT2D eigenvalue weighted by Gasteiger charge is -2.17. The molecule has 0 saturated heterocycles. The van der Waals surface area contributed by atoms with Crippen LogP contribution in [0.15, 0.2) is 4.99 Å². The summed E-state index contributed by atoms with van der Waals surface area (Å²) in [5, 5.41) is 6.65. The molecule has 0 aliphatic carbocycles. The van der Waals surface area contributed by atoms with Gasteiger partial charge in [0.25, 0.3) is 0 Å². The first kappa shape index (κ1) is 21.3. The van der Waals surface area contributed by atoms with E-state index in [-0.39, 0.29) is 24.0 Å². The van der Waals surface area contributed by atoms with Gasteiger partial charge in [0.05, 0.1) is 6.61 Å². The summed E-state index contributed by atoms with van der Waals surface area (Å²) in [7, 11) is 1.81. The SMILES string of the molecule is CCCCCCC(C)NC(=NC)NCCOCC.I. The molecular formula is C14H32IN3O. The van der Waals surface area contributed by atoms with Gasteiger partial charge in [0.1, 0.15) is 0 Å². The lowest BCUT2D eigenvalue weighted by Crippen LogP contribution is -2.43. The number of rotatable bonds is 10. The maximum atomic E-state index is 5.28. The van der Waals surface area contributed by atoms with E-state index in [1.807, 2.05) is 6.92 Å². The van der Waals surface area contributed by atoms with Crippen molar-refractivity contribution in [1.82, 2.24) is 10.6 Å². The Hall–Kier alpha value is -0.0400. The lowest BCUT2D eigenvalue weighted by atomic mass is 10.1. The summed E-state index contributed by atoms with van der Waals surface area (Å²) >= 11 is 0. The molecule has 4 nitrogen and oxygen atoms in total. The van der Waals surface area contributed by atoms with Crippen LogP contribution in [0.25, 0.3) is 0 Å². The van der Waals surface area contributed by atoms with E-state index in [2.05, 4.69) is 29.5 Å². The average Bonchev–Trinajstić information content (AvgIpc) is 2.38. The zero-order chi connectivity index (χ0) is 13.6. The molecular weight excluding hydrogens is 353 g/mol. The van der Waals surface area contributed by atoms with Crippen LogP contribution in [0.1, 0.15) is 52.9 Å². The first-order valence-corrected chi connectivity index (χ1v) is 7.29. The number of halogens is 1. The van der Waals surface area contributed by atoms with E-state index in [1.54, 1.807) is 7.05 Å². The molecule has 0 bridgehead atoms. The number of nitrogens with zero attached hydrogens (tertiary/aromatic N) is 1. The van der Waals surface area contributed by atoms with Crippen LogP contribution in [0.2, 0.25) is 0 Å². The normalized spacial score (nSPS) is 12.7. The Morgan fingerprint density at radius 3 is 2.53 bits per heavy atom. The van der Waals surface area contributed by atoms with Gasteiger partial charge in [-0.3, -0.25) is 4.99 Å². The molecule has 116 valence electrons. The molecule has 0 radical (unpaired) electrons. The highest BCUT2D eigenvalue weighted by molar-refractivity contribution is 14.0. The minimum absolute atomic E-state index is 0. The van der Waals surface area contributed by atoms with Gasteiger partial charge in [-0.05, 0) is 20.3 Å². The first-order valence-electron chi connectivity index (χ1n) is 7.29. The van der Waals surface area contributed by atoms with E-state index < -0.39 is 0 Å². The molecule has 2 N–H and O–H groups in total. The van der Waals surface area contributed by atoms with Gasteiger partial charge in [0.2, 0.25) is 0 Å². The third-order valence-corrected chi connectivity index (χ3v) is 2.84. The van der Waals surface area contributed by atoms with Crippen LogP contribution >= 0.6 is 24.0 Å². The summed E-state index contributed by atoms with van der Waals surface area (Å²) < 4.78 is 5.28. The van der Waals surface area contributed by atoms with Crippen LogP contribution in [0.4, 0.5) is 0 Å². The van der Waals surface area contributed by atoms with Crippen LogP contribution in [-0.4, -0.2) is 38.8 Å². The number of hydrogen-bond acceptors (Lipinski definition) is 2. The van der Waals surface area contributed by atoms with Crippen LogP contribution in [0.5, 0.6) is 0 Å². The smallest absolute Gasteiger partial charge is 0.191 e. The molecule has 0 aliphatic rings. The van der Waals surface area contributed by atoms with E-state index in [4.69, 9.17) is 4.74 Å². The van der Waals surface area contributed by atoms with Crippen molar-refractivity contribution in [1.29, 1.82) is 0 Å². The van der Waals surface area contributed by atoms with Crippen molar-refractivity contribution >= 4 is 29.9 Å². The second kappa shape index (κ2) is 16.0. The zero-order valence-corrected chi connectivity index (χ0v) is 15.3. The van der Waals surface area contributed by atoms with Crippen molar-refractivity contribution in [3.63, 3.8) is 0 Å². The van der Waals surface area contributed by atoms with E-state index in [9.17, 15) is 0 Å². The Balaban J connectivity index is 0. The third-order valence-electron chi connectivity index (χ3n) is 2.84. The second-order valence-corrected chi connectivity index (χ2v) is 4.59. The van der Waals surface area contributed by atoms with Crippen LogP contribution in [0.3, 0.4) is 0 Å². The minimum Gasteiger partial charge on any atom is -0.380 e. The summed E-state index contributed by atoms with van der Waals surface area (Å²) in [6.07, 6.45) is 6.46. The van der Waals surface area contributed by atoms with Crippen molar-refractivity contribution < 1.29 is 4.74 Å². The largest absolute Gasteiger partial charge is 0.380 e. The molecule has 0 amide bonds. The highest BCUT2D eigenvalue weighted by Crippen LogP contribution is 2.04. The van der Waals surface area contributed by atoms with Crippen molar-refractivity contribution in [2.45, 2.75) is 58.9 Å². The number of unbranched alkanes of at least 4 members (excludes halogenated alkanes) is 3. The van der Waals surface area contributed by atoms with Gasteiger partial charge >= 0.3 is 0 Å². The first-order chi connectivity index (χ1) is 8.74. The Kier molecular flexibility index (Phi) is 17.9. The fourth-order valence-electron chi connectivity index (χ4n) is 1.76. The second-order valence-electron chi connectivity index (χ2n) is 4.59. The van der Waals surface area contributed by atoms with Gasteiger partial charge < -0.3 is 15.4 Å². The number of guanidine groups is 1. The molecule has 0 aliphatic heterocycles. The maximum Gasteiger partial charge on any atom is 0.191 e. The molecule has 0 rings (SSSR count). The molecule has 19 heavy (non-hydrogen) atoms. The van der Waals surface area contributed by atoms with Crippen LogP contribution in [0, 0.1) is 0 Å². The summed E-state index contributed by atoms with van der Waals surface area (Å²) in [5.41, 5.74) is 0. The van der Waals surface area contributed by atoms with E-state index in [1.165, 1.54) is 32.1 Å². The van der Waals surface area contributed by atoms with Gasteiger partial charge in [-0.15, -0.1) is 24.0 Å². The summed E-state index contributed by atoms with van der Waals surface area (Å²) in [6.45, 7) is 8.75. The predicted octanol–water partition coefficient (Wildman–Crippen LogP) is 3.16. The fourth-order valence-corrected chi connectivity index (χ4v) is 1.76. The lowest BCUT2D eigenvalue weighted by molar-refractivity contribution is 0.152. The van der Waals surface area contributed by atoms with Crippen LogP contribution < -0.4 is 10.6 Å². The fraction of sp³-hybridized carbons (Fsp3) is 0.929. The summed E-state index contributed by atoms with van der Waals surface area (Å²) in [4.78, 5) is 4.21. The average molecular weight is 385 g/mol. The van der Waals surface area contributed by atoms with Crippen molar-refractivity contribution in [3.8, 4) is 0 Å². The maximum absolute atomic E-state index is 5.28. The molecule has 0 spiro atoms. The molecule has 1 unspecified atom stereocenters. The molecule has 0 saturated carbocycles. The minimum atomic E-state index is 0. The summed E-state index contributed by atoms with van der Waals surface area (Å²) in [5.74, 6) is 0.873. The number of nitrogens with one attached hydrogen (secondary N) is 2. The quantitative estimate of drug-likeness (QED) is 0.263. The Morgan fingerprint density at radius 1 is 1.21 bits per heavy atom. The molecule has 1 atom stereocenters. The molecule has 0 fully saturated rings. The molecule has 0 aromatic rings. The highest BCUT2D eigenvalue weighted by atomic mass is 127.